The Bertz CT molecular complexity index is 644. The summed E-state index contributed by atoms with van der Waals surface area (Å²) in [6.07, 6.45) is 6.40. The lowest BCUT2D eigenvalue weighted by molar-refractivity contribution is -0.124. The highest BCUT2D eigenvalue weighted by Crippen LogP contribution is 2.50. The van der Waals surface area contributed by atoms with Gasteiger partial charge in [0.05, 0.1) is 17.5 Å². The fraction of sp³-hybridized carbons (Fsp3) is 0.444. The van der Waals surface area contributed by atoms with Crippen LogP contribution < -0.4 is 4.90 Å². The van der Waals surface area contributed by atoms with E-state index in [0.717, 1.165) is 29.7 Å². The summed E-state index contributed by atoms with van der Waals surface area (Å²) in [6.45, 7) is 3.99. The van der Waals surface area contributed by atoms with Crippen molar-refractivity contribution in [2.24, 2.45) is 23.7 Å². The van der Waals surface area contributed by atoms with Gasteiger partial charge in [-0.1, -0.05) is 29.8 Å². The van der Waals surface area contributed by atoms with E-state index >= 15 is 0 Å². The number of hydrogen-bond acceptors (Lipinski definition) is 2. The van der Waals surface area contributed by atoms with E-state index in [9.17, 15) is 9.59 Å². The molecule has 0 radical (unpaired) electrons. The molecule has 1 aliphatic heterocycles. The van der Waals surface area contributed by atoms with Gasteiger partial charge < -0.3 is 0 Å². The second-order valence-electron chi connectivity index (χ2n) is 6.64. The summed E-state index contributed by atoms with van der Waals surface area (Å²) in [5, 5.41) is 0. The van der Waals surface area contributed by atoms with Crippen LogP contribution in [0.3, 0.4) is 0 Å². The molecule has 4 atom stereocenters. The van der Waals surface area contributed by atoms with Gasteiger partial charge in [-0.05, 0) is 50.2 Å². The quantitative estimate of drug-likeness (QED) is 0.586. The van der Waals surface area contributed by atoms with E-state index in [0.29, 0.717) is 0 Å². The van der Waals surface area contributed by atoms with Gasteiger partial charge in [-0.3, -0.25) is 9.59 Å². The largest absolute Gasteiger partial charge is 0.274 e. The average Bonchev–Trinajstić information content (AvgIpc) is 2.75. The van der Waals surface area contributed by atoms with Gasteiger partial charge in [0.2, 0.25) is 11.8 Å². The van der Waals surface area contributed by atoms with Crippen molar-refractivity contribution in [1.82, 2.24) is 0 Å². The minimum absolute atomic E-state index is 0.0102. The first-order valence-corrected chi connectivity index (χ1v) is 7.71. The van der Waals surface area contributed by atoms with Crippen LogP contribution in [-0.2, 0) is 9.59 Å². The number of aryl methyl sites for hydroxylation is 2. The summed E-state index contributed by atoms with van der Waals surface area (Å²) in [7, 11) is 0. The maximum Gasteiger partial charge on any atom is 0.238 e. The number of benzene rings is 1. The van der Waals surface area contributed by atoms with Crippen LogP contribution in [0, 0.1) is 37.5 Å². The lowest BCUT2D eigenvalue weighted by Gasteiger charge is -2.38. The number of allylic oxidation sites excluding steroid dienone is 2. The number of amides is 2. The monoisotopic (exact) mass is 281 g/mol. The number of carbonyl (C=O) groups excluding carboxylic acids is 2. The summed E-state index contributed by atoms with van der Waals surface area (Å²) < 4.78 is 0. The topological polar surface area (TPSA) is 37.4 Å². The average molecular weight is 281 g/mol. The predicted molar refractivity (Wildman–Crippen MR) is 80.7 cm³/mol. The van der Waals surface area contributed by atoms with Crippen LogP contribution in [0.1, 0.15) is 24.0 Å². The standard InChI is InChI=1S/C18H19NO2/c1-10-3-8-14(11(2)9-10)19-17(20)15-12-4-5-13(7-6-12)16(15)18(19)21/h3-5,8-9,12-13,15-16H,6-7H2,1-2H3/t12-,13+,15?,16?. The molecule has 2 unspecified atom stereocenters. The second-order valence-corrected chi connectivity index (χ2v) is 6.64. The van der Waals surface area contributed by atoms with Crippen LogP contribution in [0.25, 0.3) is 0 Å². The number of fused-ring (bicyclic) bond motifs is 1. The van der Waals surface area contributed by atoms with Crippen LogP contribution in [0.5, 0.6) is 0 Å². The molecular weight excluding hydrogens is 262 g/mol. The lowest BCUT2D eigenvalue weighted by Crippen LogP contribution is -2.38. The van der Waals surface area contributed by atoms with Crippen molar-refractivity contribution >= 4 is 17.5 Å². The van der Waals surface area contributed by atoms with Crippen molar-refractivity contribution in [3.8, 4) is 0 Å². The molecule has 3 nitrogen and oxygen atoms in total. The summed E-state index contributed by atoms with van der Waals surface area (Å²) in [5.41, 5.74) is 2.91. The first-order chi connectivity index (χ1) is 10.1. The van der Waals surface area contributed by atoms with Crippen LogP contribution in [0.2, 0.25) is 0 Å². The maximum absolute atomic E-state index is 12.8. The molecule has 0 N–H and O–H groups in total. The summed E-state index contributed by atoms with van der Waals surface area (Å²) in [5.74, 6) is 0.287. The van der Waals surface area contributed by atoms with Crippen molar-refractivity contribution in [1.29, 1.82) is 0 Å². The van der Waals surface area contributed by atoms with Crippen LogP contribution in [0.4, 0.5) is 5.69 Å². The minimum Gasteiger partial charge on any atom is -0.274 e. The number of anilines is 1. The number of rotatable bonds is 1. The molecule has 3 aliphatic carbocycles. The predicted octanol–water partition coefficient (Wildman–Crippen LogP) is 3.01. The molecule has 2 fully saturated rings. The summed E-state index contributed by atoms with van der Waals surface area (Å²) >= 11 is 0. The van der Waals surface area contributed by atoms with Gasteiger partial charge >= 0.3 is 0 Å². The molecule has 1 aromatic rings. The Balaban J connectivity index is 1.78. The smallest absolute Gasteiger partial charge is 0.238 e. The molecule has 1 heterocycles. The molecule has 1 saturated carbocycles. The molecule has 4 aliphatic rings. The zero-order valence-electron chi connectivity index (χ0n) is 12.4. The molecule has 3 heteroatoms. The Morgan fingerprint density at radius 1 is 0.952 bits per heavy atom. The molecule has 0 spiro atoms. The number of carbonyl (C=O) groups is 2. The van der Waals surface area contributed by atoms with E-state index in [1.165, 1.54) is 4.90 Å². The van der Waals surface area contributed by atoms with E-state index in [-0.39, 0.29) is 35.5 Å². The zero-order chi connectivity index (χ0) is 14.7. The summed E-state index contributed by atoms with van der Waals surface area (Å²) in [6, 6.07) is 5.91. The van der Waals surface area contributed by atoms with E-state index in [4.69, 9.17) is 0 Å². The van der Waals surface area contributed by atoms with Crippen LogP contribution >= 0.6 is 0 Å². The third kappa shape index (κ3) is 1.66. The zero-order valence-corrected chi connectivity index (χ0v) is 12.4. The molecule has 2 bridgehead atoms. The Morgan fingerprint density at radius 2 is 1.52 bits per heavy atom. The van der Waals surface area contributed by atoms with Crippen molar-refractivity contribution in [3.63, 3.8) is 0 Å². The molecule has 1 aromatic carbocycles. The Kier molecular flexibility index (Phi) is 2.62. The highest BCUT2D eigenvalue weighted by molar-refractivity contribution is 6.22. The van der Waals surface area contributed by atoms with Crippen molar-refractivity contribution in [3.05, 3.63) is 41.5 Å². The third-order valence-corrected chi connectivity index (χ3v) is 5.35. The fourth-order valence-electron chi connectivity index (χ4n) is 4.37. The van der Waals surface area contributed by atoms with Crippen molar-refractivity contribution in [2.45, 2.75) is 26.7 Å². The van der Waals surface area contributed by atoms with Crippen LogP contribution in [-0.4, -0.2) is 11.8 Å². The molecule has 21 heavy (non-hydrogen) atoms. The van der Waals surface area contributed by atoms with Crippen molar-refractivity contribution < 1.29 is 9.59 Å². The minimum atomic E-state index is -0.123. The fourth-order valence-corrected chi connectivity index (χ4v) is 4.37. The number of hydrogen-bond donors (Lipinski definition) is 0. The SMILES string of the molecule is Cc1ccc(N2C(=O)C3C(C2=O)[C@H]2C=C[C@@H]3CC2)c(C)c1. The van der Waals surface area contributed by atoms with E-state index < -0.39 is 0 Å². The molecule has 1 saturated heterocycles. The van der Waals surface area contributed by atoms with E-state index in [2.05, 4.69) is 12.2 Å². The molecular formula is C18H19NO2. The highest BCUT2D eigenvalue weighted by atomic mass is 16.2. The van der Waals surface area contributed by atoms with Gasteiger partial charge in [-0.25, -0.2) is 4.90 Å². The van der Waals surface area contributed by atoms with Crippen molar-refractivity contribution in [2.75, 3.05) is 4.90 Å². The third-order valence-electron chi connectivity index (χ3n) is 5.35. The number of nitrogens with zero attached hydrogens (tertiary/aromatic N) is 1. The molecule has 0 aromatic heterocycles. The Labute approximate surface area is 124 Å². The second kappa shape index (κ2) is 4.30. The summed E-state index contributed by atoms with van der Waals surface area (Å²) in [4.78, 5) is 27.2. The van der Waals surface area contributed by atoms with E-state index in [1.807, 2.05) is 32.0 Å². The van der Waals surface area contributed by atoms with Gasteiger partial charge in [-0.15, -0.1) is 0 Å². The van der Waals surface area contributed by atoms with E-state index in [1.54, 1.807) is 0 Å². The van der Waals surface area contributed by atoms with Gasteiger partial charge in [-0.2, -0.15) is 0 Å². The lowest BCUT2D eigenvalue weighted by atomic mass is 9.63. The Hall–Kier alpha value is -1.90. The van der Waals surface area contributed by atoms with Gasteiger partial charge in [0, 0.05) is 0 Å². The molecule has 5 rings (SSSR count). The number of imide groups is 1. The first kappa shape index (κ1) is 12.8. The first-order valence-electron chi connectivity index (χ1n) is 7.71. The van der Waals surface area contributed by atoms with Crippen LogP contribution in [0.15, 0.2) is 30.4 Å². The maximum atomic E-state index is 12.8. The van der Waals surface area contributed by atoms with Gasteiger partial charge in [0.1, 0.15) is 0 Å². The normalized spacial score (nSPS) is 33.7. The van der Waals surface area contributed by atoms with Gasteiger partial charge in [0.15, 0.2) is 0 Å². The molecule has 108 valence electrons. The molecule has 2 amide bonds. The Morgan fingerprint density at radius 3 is 2.00 bits per heavy atom. The van der Waals surface area contributed by atoms with Gasteiger partial charge in [0.25, 0.3) is 0 Å². The highest BCUT2D eigenvalue weighted by Gasteiger charge is 2.56.